The number of ether oxygens (including phenoxy) is 1. The number of benzene rings is 2. The molecule has 1 amide bonds. The van der Waals surface area contributed by atoms with Gasteiger partial charge in [0.1, 0.15) is 11.6 Å². The molecule has 1 saturated heterocycles. The molecule has 29 heavy (non-hydrogen) atoms. The molecule has 2 aromatic rings. The summed E-state index contributed by atoms with van der Waals surface area (Å²) in [7, 11) is 0. The van der Waals surface area contributed by atoms with Crippen molar-refractivity contribution in [1.82, 2.24) is 10.2 Å². The van der Waals surface area contributed by atoms with Crippen LogP contribution in [0.25, 0.3) is 0 Å². The molecule has 0 saturated carbocycles. The van der Waals surface area contributed by atoms with E-state index in [-0.39, 0.29) is 18.3 Å². The molecule has 3 rings (SSSR count). The van der Waals surface area contributed by atoms with Gasteiger partial charge < -0.3 is 15.0 Å². The molecule has 8 heteroatoms. The Hall–Kier alpha value is -2.02. The molecule has 2 aromatic carbocycles. The number of anilines is 1. The molecule has 1 N–H and O–H groups in total. The average Bonchev–Trinajstić information content (AvgIpc) is 2.71. The largest absolute Gasteiger partial charge is 0.482 e. The first kappa shape index (κ1) is 21.7. The number of rotatable bonds is 8. The fourth-order valence-electron chi connectivity index (χ4n) is 3.24. The fourth-order valence-corrected chi connectivity index (χ4v) is 3.70. The van der Waals surface area contributed by atoms with E-state index < -0.39 is 0 Å². The number of halogens is 3. The zero-order valence-corrected chi connectivity index (χ0v) is 17.6. The minimum atomic E-state index is -0.194. The van der Waals surface area contributed by atoms with Crippen LogP contribution in [-0.2, 0) is 4.79 Å². The highest BCUT2D eigenvalue weighted by molar-refractivity contribution is 6.35. The molecule has 0 aromatic heterocycles. The van der Waals surface area contributed by atoms with E-state index in [4.69, 9.17) is 27.9 Å². The van der Waals surface area contributed by atoms with Crippen LogP contribution in [0.4, 0.5) is 10.1 Å². The van der Waals surface area contributed by atoms with Crippen LogP contribution in [0.2, 0.25) is 10.0 Å². The van der Waals surface area contributed by atoms with Crippen LogP contribution in [0.15, 0.2) is 42.5 Å². The van der Waals surface area contributed by atoms with Crippen molar-refractivity contribution in [1.29, 1.82) is 0 Å². The summed E-state index contributed by atoms with van der Waals surface area (Å²) in [5, 5.41) is 3.74. The van der Waals surface area contributed by atoms with Crippen LogP contribution in [-0.4, -0.2) is 56.7 Å². The zero-order valence-electron chi connectivity index (χ0n) is 16.0. The average molecular weight is 440 g/mol. The van der Waals surface area contributed by atoms with Crippen molar-refractivity contribution in [2.24, 2.45) is 0 Å². The number of hydrogen-bond donors (Lipinski definition) is 1. The first-order chi connectivity index (χ1) is 14.0. The second-order valence-electron chi connectivity index (χ2n) is 6.85. The number of nitrogens with one attached hydrogen (secondary N) is 1. The van der Waals surface area contributed by atoms with Gasteiger partial charge in [0, 0.05) is 37.7 Å². The summed E-state index contributed by atoms with van der Waals surface area (Å²) in [5.41, 5.74) is 0.667. The van der Waals surface area contributed by atoms with E-state index in [1.165, 1.54) is 6.07 Å². The van der Waals surface area contributed by atoms with Crippen molar-refractivity contribution in [2.45, 2.75) is 6.42 Å². The Kier molecular flexibility index (Phi) is 7.98. The van der Waals surface area contributed by atoms with Crippen LogP contribution in [0.3, 0.4) is 0 Å². The predicted molar refractivity (Wildman–Crippen MR) is 115 cm³/mol. The summed E-state index contributed by atoms with van der Waals surface area (Å²) in [6.45, 7) is 4.70. The first-order valence-electron chi connectivity index (χ1n) is 9.59. The molecule has 156 valence electrons. The second-order valence-corrected chi connectivity index (χ2v) is 7.69. The van der Waals surface area contributed by atoms with Crippen LogP contribution < -0.4 is 15.0 Å². The lowest BCUT2D eigenvalue weighted by Crippen LogP contribution is -2.47. The SMILES string of the molecule is O=C(COc1ccc(Cl)cc1Cl)NCCCN1CCN(c2ccccc2F)CC1. The quantitative estimate of drug-likeness (QED) is 0.634. The van der Waals surface area contributed by atoms with Gasteiger partial charge in [-0.2, -0.15) is 0 Å². The Morgan fingerprint density at radius 1 is 1.10 bits per heavy atom. The minimum absolute atomic E-state index is 0.0946. The van der Waals surface area contributed by atoms with Crippen molar-refractivity contribution in [3.05, 3.63) is 58.3 Å². The number of piperazine rings is 1. The minimum Gasteiger partial charge on any atom is -0.482 e. The van der Waals surface area contributed by atoms with Crippen molar-refractivity contribution in [3.8, 4) is 5.75 Å². The molecular weight excluding hydrogens is 416 g/mol. The summed E-state index contributed by atoms with van der Waals surface area (Å²) >= 11 is 11.8. The summed E-state index contributed by atoms with van der Waals surface area (Å²) in [5.74, 6) is 0.0603. The van der Waals surface area contributed by atoms with Gasteiger partial charge in [-0.15, -0.1) is 0 Å². The van der Waals surface area contributed by atoms with Gasteiger partial charge in [0.05, 0.1) is 10.7 Å². The highest BCUT2D eigenvalue weighted by Gasteiger charge is 2.18. The normalized spacial score (nSPS) is 14.7. The fraction of sp³-hybridized carbons (Fsp3) is 0.381. The van der Waals surface area contributed by atoms with E-state index in [0.29, 0.717) is 28.0 Å². The maximum absolute atomic E-state index is 13.9. The molecule has 0 spiro atoms. The molecule has 1 aliphatic rings. The zero-order chi connectivity index (χ0) is 20.6. The number of hydrogen-bond acceptors (Lipinski definition) is 4. The summed E-state index contributed by atoms with van der Waals surface area (Å²) in [4.78, 5) is 16.3. The monoisotopic (exact) mass is 439 g/mol. The lowest BCUT2D eigenvalue weighted by atomic mass is 10.2. The molecule has 0 unspecified atom stereocenters. The van der Waals surface area contributed by atoms with Crippen LogP contribution in [0.5, 0.6) is 5.75 Å². The molecular formula is C21H24Cl2FN3O2. The number of carbonyl (C=O) groups excluding carboxylic acids is 1. The van der Waals surface area contributed by atoms with Crippen LogP contribution in [0.1, 0.15) is 6.42 Å². The maximum Gasteiger partial charge on any atom is 0.257 e. The number of nitrogens with zero attached hydrogens (tertiary/aromatic N) is 2. The van der Waals surface area contributed by atoms with E-state index in [9.17, 15) is 9.18 Å². The van der Waals surface area contributed by atoms with Crippen LogP contribution >= 0.6 is 23.2 Å². The summed E-state index contributed by atoms with van der Waals surface area (Å²) in [6, 6.07) is 11.7. The topological polar surface area (TPSA) is 44.8 Å². The Morgan fingerprint density at radius 2 is 1.86 bits per heavy atom. The van der Waals surface area contributed by atoms with Gasteiger partial charge in [-0.3, -0.25) is 9.69 Å². The molecule has 5 nitrogen and oxygen atoms in total. The highest BCUT2D eigenvalue weighted by atomic mass is 35.5. The second kappa shape index (κ2) is 10.7. The van der Waals surface area contributed by atoms with Gasteiger partial charge >= 0.3 is 0 Å². The third kappa shape index (κ3) is 6.49. The Morgan fingerprint density at radius 3 is 2.59 bits per heavy atom. The lowest BCUT2D eigenvalue weighted by Gasteiger charge is -2.36. The van der Waals surface area contributed by atoms with Crippen molar-refractivity contribution in [2.75, 3.05) is 50.8 Å². The number of amides is 1. The number of carbonyl (C=O) groups is 1. The molecule has 1 aliphatic heterocycles. The van der Waals surface area contributed by atoms with Crippen molar-refractivity contribution >= 4 is 34.8 Å². The smallest absolute Gasteiger partial charge is 0.257 e. The van der Waals surface area contributed by atoms with Crippen molar-refractivity contribution < 1.29 is 13.9 Å². The van der Waals surface area contributed by atoms with Crippen LogP contribution in [0, 0.1) is 5.82 Å². The van der Waals surface area contributed by atoms with Gasteiger partial charge in [-0.05, 0) is 43.3 Å². The standard InChI is InChI=1S/C21H24Cl2FN3O2/c22-16-6-7-20(17(23)14-16)29-15-21(28)25-8-3-9-26-10-12-27(13-11-26)19-5-2-1-4-18(19)24/h1-2,4-7,14H,3,8-13,15H2,(H,25,28). The summed E-state index contributed by atoms with van der Waals surface area (Å²) in [6.07, 6.45) is 0.840. The molecule has 1 heterocycles. The molecule has 0 aliphatic carbocycles. The molecule has 1 fully saturated rings. The predicted octanol–water partition coefficient (Wildman–Crippen LogP) is 3.84. The van der Waals surface area contributed by atoms with E-state index in [1.807, 2.05) is 12.1 Å². The van der Waals surface area contributed by atoms with Gasteiger partial charge in [0.25, 0.3) is 5.91 Å². The van der Waals surface area contributed by atoms with E-state index >= 15 is 0 Å². The number of para-hydroxylation sites is 1. The highest BCUT2D eigenvalue weighted by Crippen LogP contribution is 2.27. The Labute approximate surface area is 180 Å². The summed E-state index contributed by atoms with van der Waals surface area (Å²) < 4.78 is 19.3. The van der Waals surface area contributed by atoms with Crippen molar-refractivity contribution in [3.63, 3.8) is 0 Å². The van der Waals surface area contributed by atoms with E-state index in [0.717, 1.165) is 39.1 Å². The Balaban J connectivity index is 1.30. The molecule has 0 atom stereocenters. The third-order valence-electron chi connectivity index (χ3n) is 4.79. The molecule has 0 radical (unpaired) electrons. The molecule has 0 bridgehead atoms. The van der Waals surface area contributed by atoms with E-state index in [2.05, 4.69) is 15.1 Å². The Bertz CT molecular complexity index is 829. The van der Waals surface area contributed by atoms with Gasteiger partial charge in [0.2, 0.25) is 0 Å². The van der Waals surface area contributed by atoms with Gasteiger partial charge in [0.15, 0.2) is 6.61 Å². The lowest BCUT2D eigenvalue weighted by molar-refractivity contribution is -0.123. The van der Waals surface area contributed by atoms with E-state index in [1.54, 1.807) is 24.3 Å². The first-order valence-corrected chi connectivity index (χ1v) is 10.3. The third-order valence-corrected chi connectivity index (χ3v) is 5.32. The van der Waals surface area contributed by atoms with Gasteiger partial charge in [-0.1, -0.05) is 35.3 Å². The van der Waals surface area contributed by atoms with Gasteiger partial charge in [-0.25, -0.2) is 4.39 Å². The maximum atomic E-state index is 13.9.